The van der Waals surface area contributed by atoms with Crippen molar-refractivity contribution in [3.8, 4) is 0 Å². The standard InChI is InChI=1S/C28H32N2O4S/c31-28(29-27(25-9-5-2-6-10-25)17-13-23-7-3-1-4-8-23)18-14-24-11-15-26(16-12-24)35(32,33)30-19-21-34-22-20-30/h1-12,15-16,27H,13-14,17-22H2,(H,29,31). The van der Waals surface area contributed by atoms with Gasteiger partial charge in [-0.25, -0.2) is 8.42 Å². The Hall–Kier alpha value is -3.00. The first kappa shape index (κ1) is 25.1. The number of sulfonamides is 1. The van der Waals surface area contributed by atoms with E-state index in [4.69, 9.17) is 4.74 Å². The van der Waals surface area contributed by atoms with Crippen molar-refractivity contribution in [3.63, 3.8) is 0 Å². The van der Waals surface area contributed by atoms with Crippen molar-refractivity contribution in [2.75, 3.05) is 26.3 Å². The highest BCUT2D eigenvalue weighted by molar-refractivity contribution is 7.89. The van der Waals surface area contributed by atoms with Gasteiger partial charge in [0.2, 0.25) is 15.9 Å². The molecule has 1 heterocycles. The molecule has 4 rings (SSSR count). The van der Waals surface area contributed by atoms with Crippen LogP contribution in [-0.4, -0.2) is 44.9 Å². The summed E-state index contributed by atoms with van der Waals surface area (Å²) in [6.45, 7) is 1.58. The molecule has 0 aliphatic carbocycles. The fourth-order valence-electron chi connectivity index (χ4n) is 4.25. The Morgan fingerprint density at radius 3 is 2.09 bits per heavy atom. The lowest BCUT2D eigenvalue weighted by atomic mass is 9.98. The number of hydrogen-bond donors (Lipinski definition) is 1. The first-order valence-corrected chi connectivity index (χ1v) is 13.5. The van der Waals surface area contributed by atoms with Gasteiger partial charge >= 0.3 is 0 Å². The summed E-state index contributed by atoms with van der Waals surface area (Å²) < 4.78 is 32.3. The van der Waals surface area contributed by atoms with Crippen molar-refractivity contribution in [1.29, 1.82) is 0 Å². The third kappa shape index (κ3) is 7.01. The molecule has 3 aromatic rings. The number of carbonyl (C=O) groups is 1. The molecule has 0 aromatic heterocycles. The molecule has 1 fully saturated rings. The van der Waals surface area contributed by atoms with E-state index in [1.807, 2.05) is 48.5 Å². The molecule has 6 nitrogen and oxygen atoms in total. The van der Waals surface area contributed by atoms with Crippen molar-refractivity contribution in [3.05, 3.63) is 102 Å². The van der Waals surface area contributed by atoms with Crippen LogP contribution in [0.4, 0.5) is 0 Å². The van der Waals surface area contributed by atoms with Crippen LogP contribution in [0.1, 0.15) is 35.6 Å². The maximum atomic E-state index is 12.8. The zero-order valence-corrected chi connectivity index (χ0v) is 20.6. The molecule has 1 atom stereocenters. The lowest BCUT2D eigenvalue weighted by molar-refractivity contribution is -0.121. The average Bonchev–Trinajstić information content (AvgIpc) is 2.91. The van der Waals surface area contributed by atoms with Gasteiger partial charge in [0, 0.05) is 19.5 Å². The van der Waals surface area contributed by atoms with E-state index < -0.39 is 10.0 Å². The highest BCUT2D eigenvalue weighted by atomic mass is 32.2. The predicted molar refractivity (Wildman–Crippen MR) is 136 cm³/mol. The molecular formula is C28H32N2O4S. The van der Waals surface area contributed by atoms with Crippen LogP contribution in [-0.2, 0) is 32.4 Å². The van der Waals surface area contributed by atoms with E-state index in [1.54, 1.807) is 24.3 Å². The number of aryl methyl sites for hydroxylation is 2. The predicted octanol–water partition coefficient (Wildman–Crippen LogP) is 4.13. The van der Waals surface area contributed by atoms with Gasteiger partial charge in [-0.1, -0.05) is 72.8 Å². The fourth-order valence-corrected chi connectivity index (χ4v) is 5.66. The normalized spacial score (nSPS) is 15.4. The Bertz CT molecular complexity index is 1180. The van der Waals surface area contributed by atoms with Gasteiger partial charge in [-0.2, -0.15) is 4.31 Å². The summed E-state index contributed by atoms with van der Waals surface area (Å²) in [5.74, 6) is -0.0167. The number of ether oxygens (including phenoxy) is 1. The van der Waals surface area contributed by atoms with Crippen molar-refractivity contribution in [2.24, 2.45) is 0 Å². The summed E-state index contributed by atoms with van der Waals surface area (Å²) in [6, 6.07) is 27.1. The van der Waals surface area contributed by atoms with E-state index in [0.29, 0.717) is 39.1 Å². The van der Waals surface area contributed by atoms with Crippen LogP contribution in [0.2, 0.25) is 0 Å². The third-order valence-electron chi connectivity index (χ3n) is 6.27. The lowest BCUT2D eigenvalue weighted by Crippen LogP contribution is -2.40. The van der Waals surface area contributed by atoms with E-state index in [9.17, 15) is 13.2 Å². The average molecular weight is 493 g/mol. The quantitative estimate of drug-likeness (QED) is 0.462. The number of morpholine rings is 1. The molecule has 35 heavy (non-hydrogen) atoms. The Kier molecular flexibility index (Phi) is 8.69. The minimum absolute atomic E-state index is 0.0167. The van der Waals surface area contributed by atoms with Gasteiger partial charge in [0.1, 0.15) is 0 Å². The van der Waals surface area contributed by atoms with Gasteiger partial charge in [0.25, 0.3) is 0 Å². The highest BCUT2D eigenvalue weighted by Crippen LogP contribution is 2.21. The first-order valence-electron chi connectivity index (χ1n) is 12.1. The maximum absolute atomic E-state index is 12.8. The van der Waals surface area contributed by atoms with Crippen LogP contribution in [0.3, 0.4) is 0 Å². The number of benzene rings is 3. The van der Waals surface area contributed by atoms with Crippen molar-refractivity contribution >= 4 is 15.9 Å². The van der Waals surface area contributed by atoms with Crippen molar-refractivity contribution < 1.29 is 17.9 Å². The van der Waals surface area contributed by atoms with Gasteiger partial charge in [0.15, 0.2) is 0 Å². The number of hydrogen-bond acceptors (Lipinski definition) is 4. The zero-order chi connectivity index (χ0) is 24.5. The molecule has 7 heteroatoms. The molecule has 1 N–H and O–H groups in total. The molecule has 184 valence electrons. The van der Waals surface area contributed by atoms with E-state index in [1.165, 1.54) is 9.87 Å². The number of rotatable bonds is 10. The topological polar surface area (TPSA) is 75.7 Å². The molecule has 0 radical (unpaired) electrons. The Labute approximate surface area is 208 Å². The molecule has 0 spiro atoms. The molecule has 1 amide bonds. The third-order valence-corrected chi connectivity index (χ3v) is 8.19. The number of nitrogens with one attached hydrogen (secondary N) is 1. The molecule has 0 saturated carbocycles. The van der Waals surface area contributed by atoms with Gasteiger partial charge < -0.3 is 10.1 Å². The number of amides is 1. The summed E-state index contributed by atoms with van der Waals surface area (Å²) >= 11 is 0. The molecule has 1 unspecified atom stereocenters. The van der Waals surface area contributed by atoms with Gasteiger partial charge in [-0.05, 0) is 48.1 Å². The van der Waals surface area contributed by atoms with Crippen molar-refractivity contribution in [2.45, 2.75) is 36.6 Å². The van der Waals surface area contributed by atoms with E-state index in [0.717, 1.165) is 24.0 Å². The summed E-state index contributed by atoms with van der Waals surface area (Å²) in [6.07, 6.45) is 2.57. The summed E-state index contributed by atoms with van der Waals surface area (Å²) in [5, 5.41) is 3.20. The molecular weight excluding hydrogens is 460 g/mol. The van der Waals surface area contributed by atoms with Gasteiger partial charge in [-0.15, -0.1) is 0 Å². The molecule has 1 aliphatic heterocycles. The molecule has 1 saturated heterocycles. The summed E-state index contributed by atoms with van der Waals surface area (Å²) in [5.41, 5.74) is 3.27. The van der Waals surface area contributed by atoms with Crippen LogP contribution in [0.15, 0.2) is 89.8 Å². The highest BCUT2D eigenvalue weighted by Gasteiger charge is 2.26. The minimum Gasteiger partial charge on any atom is -0.379 e. The Balaban J connectivity index is 1.34. The zero-order valence-electron chi connectivity index (χ0n) is 19.8. The molecule has 3 aromatic carbocycles. The van der Waals surface area contributed by atoms with Crippen LogP contribution in [0.25, 0.3) is 0 Å². The Morgan fingerprint density at radius 1 is 0.829 bits per heavy atom. The van der Waals surface area contributed by atoms with Crippen LogP contribution < -0.4 is 5.32 Å². The van der Waals surface area contributed by atoms with Crippen LogP contribution in [0.5, 0.6) is 0 Å². The monoisotopic (exact) mass is 492 g/mol. The Morgan fingerprint density at radius 2 is 1.43 bits per heavy atom. The second-order valence-electron chi connectivity index (χ2n) is 8.72. The van der Waals surface area contributed by atoms with Gasteiger partial charge in [-0.3, -0.25) is 4.79 Å². The lowest BCUT2D eigenvalue weighted by Gasteiger charge is -2.26. The number of carbonyl (C=O) groups excluding carboxylic acids is 1. The van der Waals surface area contributed by atoms with E-state index in [-0.39, 0.29) is 16.8 Å². The van der Waals surface area contributed by atoms with Crippen LogP contribution in [0, 0.1) is 0 Å². The summed E-state index contributed by atoms with van der Waals surface area (Å²) in [7, 11) is -3.51. The van der Waals surface area contributed by atoms with Crippen LogP contribution >= 0.6 is 0 Å². The maximum Gasteiger partial charge on any atom is 0.243 e. The minimum atomic E-state index is -3.51. The largest absolute Gasteiger partial charge is 0.379 e. The van der Waals surface area contributed by atoms with Crippen molar-refractivity contribution in [1.82, 2.24) is 9.62 Å². The molecule has 1 aliphatic rings. The number of nitrogens with zero attached hydrogens (tertiary/aromatic N) is 1. The van der Waals surface area contributed by atoms with E-state index in [2.05, 4.69) is 17.4 Å². The van der Waals surface area contributed by atoms with Gasteiger partial charge in [0.05, 0.1) is 24.2 Å². The second kappa shape index (κ2) is 12.1. The SMILES string of the molecule is O=C(CCc1ccc(S(=O)(=O)N2CCOCC2)cc1)NC(CCc1ccccc1)c1ccccc1. The fraction of sp³-hybridized carbons (Fsp3) is 0.321. The summed E-state index contributed by atoms with van der Waals surface area (Å²) in [4.78, 5) is 13.1. The molecule has 0 bridgehead atoms. The smallest absolute Gasteiger partial charge is 0.243 e. The first-order chi connectivity index (χ1) is 17.0. The van der Waals surface area contributed by atoms with E-state index >= 15 is 0 Å². The second-order valence-corrected chi connectivity index (χ2v) is 10.7.